The summed E-state index contributed by atoms with van der Waals surface area (Å²) in [5, 5.41) is 17.3. The van der Waals surface area contributed by atoms with Crippen molar-refractivity contribution >= 4 is 5.97 Å². The molecule has 1 atom stereocenters. The van der Waals surface area contributed by atoms with Crippen molar-refractivity contribution in [3.05, 3.63) is 36.5 Å². The van der Waals surface area contributed by atoms with Crippen molar-refractivity contribution in [1.82, 2.24) is 0 Å². The summed E-state index contributed by atoms with van der Waals surface area (Å²) in [4.78, 5) is 14.7. The third-order valence-corrected chi connectivity index (χ3v) is 3.24. The Labute approximate surface area is 134 Å². The lowest BCUT2D eigenvalue weighted by Gasteiger charge is -2.03. The zero-order valence-corrected chi connectivity index (χ0v) is 13.6. The average Bonchev–Trinajstić information content (AvgIpc) is 2.50. The first-order valence-corrected chi connectivity index (χ1v) is 8.21. The van der Waals surface area contributed by atoms with Gasteiger partial charge in [-0.1, -0.05) is 62.6 Å². The van der Waals surface area contributed by atoms with Crippen LogP contribution in [0.15, 0.2) is 36.5 Å². The van der Waals surface area contributed by atoms with Gasteiger partial charge in [0.2, 0.25) is 0 Å². The van der Waals surface area contributed by atoms with Crippen molar-refractivity contribution in [1.29, 1.82) is 0 Å². The zero-order valence-electron chi connectivity index (χ0n) is 13.6. The van der Waals surface area contributed by atoms with Gasteiger partial charge in [0.25, 0.3) is 0 Å². The van der Waals surface area contributed by atoms with Crippen LogP contribution >= 0.6 is 0 Å². The SMILES string of the molecule is CC/C=C\CC(/C=C/C=C/CCCCCCCC(=O)O)OO. The number of allylic oxidation sites excluding steroid dienone is 4. The molecule has 0 aromatic rings. The molecule has 0 aliphatic rings. The normalized spacial score (nSPS) is 13.5. The molecule has 4 nitrogen and oxygen atoms in total. The minimum atomic E-state index is -0.704. The van der Waals surface area contributed by atoms with E-state index in [1.807, 2.05) is 30.4 Å². The Morgan fingerprint density at radius 2 is 1.77 bits per heavy atom. The zero-order chi connectivity index (χ0) is 16.5. The predicted molar refractivity (Wildman–Crippen MR) is 89.8 cm³/mol. The summed E-state index contributed by atoms with van der Waals surface area (Å²) in [6, 6.07) is 0. The van der Waals surface area contributed by atoms with Gasteiger partial charge in [0.15, 0.2) is 0 Å². The number of hydrogen-bond donors (Lipinski definition) is 2. The van der Waals surface area contributed by atoms with Crippen molar-refractivity contribution in [3.63, 3.8) is 0 Å². The topological polar surface area (TPSA) is 66.8 Å². The highest BCUT2D eigenvalue weighted by molar-refractivity contribution is 5.66. The van der Waals surface area contributed by atoms with E-state index in [1.165, 1.54) is 0 Å². The molecule has 0 saturated heterocycles. The van der Waals surface area contributed by atoms with Gasteiger partial charge in [-0.3, -0.25) is 10.1 Å². The molecule has 0 aliphatic carbocycles. The van der Waals surface area contributed by atoms with E-state index in [9.17, 15) is 4.79 Å². The molecule has 0 aliphatic heterocycles. The summed E-state index contributed by atoms with van der Waals surface area (Å²) in [5.74, 6) is -0.704. The molecule has 2 N–H and O–H groups in total. The number of aliphatic carboxylic acids is 1. The van der Waals surface area contributed by atoms with Crippen LogP contribution in [0.5, 0.6) is 0 Å². The Hall–Kier alpha value is -1.39. The number of hydrogen-bond acceptors (Lipinski definition) is 3. The molecule has 0 radical (unpaired) electrons. The van der Waals surface area contributed by atoms with Gasteiger partial charge in [-0.25, -0.2) is 4.89 Å². The lowest BCUT2D eigenvalue weighted by Crippen LogP contribution is -2.04. The van der Waals surface area contributed by atoms with Crippen molar-refractivity contribution in [2.75, 3.05) is 0 Å². The lowest BCUT2D eigenvalue weighted by molar-refractivity contribution is -0.264. The van der Waals surface area contributed by atoms with Crippen molar-refractivity contribution in [2.45, 2.75) is 70.8 Å². The van der Waals surface area contributed by atoms with Crippen LogP contribution in [0.2, 0.25) is 0 Å². The Morgan fingerprint density at radius 1 is 1.05 bits per heavy atom. The molecule has 0 amide bonds. The predicted octanol–water partition coefficient (Wildman–Crippen LogP) is 5.13. The molecular formula is C18H30O4. The number of carbonyl (C=O) groups is 1. The van der Waals surface area contributed by atoms with E-state index in [-0.39, 0.29) is 12.5 Å². The van der Waals surface area contributed by atoms with E-state index in [0.717, 1.165) is 44.9 Å². The number of unbranched alkanes of at least 4 members (excludes halogenated alkanes) is 5. The fraction of sp³-hybridized carbons (Fsp3) is 0.611. The maximum atomic E-state index is 10.3. The molecule has 126 valence electrons. The number of rotatable bonds is 14. The summed E-state index contributed by atoms with van der Waals surface area (Å²) in [6.45, 7) is 2.07. The molecule has 0 aromatic heterocycles. The first-order chi connectivity index (χ1) is 10.7. The van der Waals surface area contributed by atoms with Crippen LogP contribution in [-0.2, 0) is 9.68 Å². The Kier molecular flexibility index (Phi) is 15.0. The first kappa shape index (κ1) is 20.6. The molecule has 0 heterocycles. The quantitative estimate of drug-likeness (QED) is 0.153. The Morgan fingerprint density at radius 3 is 2.45 bits per heavy atom. The van der Waals surface area contributed by atoms with Crippen LogP contribution < -0.4 is 0 Å². The highest BCUT2D eigenvalue weighted by Crippen LogP contribution is 2.08. The largest absolute Gasteiger partial charge is 0.481 e. The molecule has 0 fully saturated rings. The maximum Gasteiger partial charge on any atom is 0.303 e. The fourth-order valence-electron chi connectivity index (χ4n) is 1.99. The van der Waals surface area contributed by atoms with Gasteiger partial charge in [-0.2, -0.15) is 0 Å². The second-order valence-electron chi connectivity index (χ2n) is 5.27. The van der Waals surface area contributed by atoms with Gasteiger partial charge in [0.05, 0.1) is 0 Å². The van der Waals surface area contributed by atoms with Crippen molar-refractivity contribution < 1.29 is 20.0 Å². The third-order valence-electron chi connectivity index (χ3n) is 3.24. The highest BCUT2D eigenvalue weighted by Gasteiger charge is 1.99. The van der Waals surface area contributed by atoms with Crippen molar-refractivity contribution in [2.24, 2.45) is 0 Å². The van der Waals surface area contributed by atoms with Crippen LogP contribution in [-0.4, -0.2) is 22.4 Å². The van der Waals surface area contributed by atoms with E-state index in [2.05, 4.69) is 17.9 Å². The summed E-state index contributed by atoms with van der Waals surface area (Å²) < 4.78 is 0. The highest BCUT2D eigenvalue weighted by atomic mass is 17.1. The van der Waals surface area contributed by atoms with Crippen LogP contribution in [0.1, 0.15) is 64.7 Å². The van der Waals surface area contributed by atoms with E-state index in [0.29, 0.717) is 6.42 Å². The molecule has 0 spiro atoms. The van der Waals surface area contributed by atoms with E-state index in [4.69, 9.17) is 10.4 Å². The Bertz CT molecular complexity index is 345. The van der Waals surface area contributed by atoms with Gasteiger partial charge in [-0.15, -0.1) is 0 Å². The maximum absolute atomic E-state index is 10.3. The second-order valence-corrected chi connectivity index (χ2v) is 5.27. The minimum Gasteiger partial charge on any atom is -0.481 e. The van der Waals surface area contributed by atoms with Gasteiger partial charge >= 0.3 is 5.97 Å². The standard InChI is InChI=1S/C18H30O4/c1-2-3-11-14-17(22-21)15-12-9-7-5-4-6-8-10-13-16-18(19)20/h3,7,9,11-12,15,17,21H,2,4-6,8,10,13-14,16H2,1H3,(H,19,20)/b9-7+,11-3-,15-12+. The van der Waals surface area contributed by atoms with Crippen LogP contribution in [0.3, 0.4) is 0 Å². The van der Waals surface area contributed by atoms with E-state index >= 15 is 0 Å². The first-order valence-electron chi connectivity index (χ1n) is 8.21. The molecule has 22 heavy (non-hydrogen) atoms. The summed E-state index contributed by atoms with van der Waals surface area (Å²) in [7, 11) is 0. The fourth-order valence-corrected chi connectivity index (χ4v) is 1.99. The second kappa shape index (κ2) is 16.0. The van der Waals surface area contributed by atoms with Gasteiger partial charge < -0.3 is 5.11 Å². The molecule has 4 heteroatoms. The minimum absolute atomic E-state index is 0.284. The molecule has 0 aromatic carbocycles. The Balaban J connectivity index is 3.57. The van der Waals surface area contributed by atoms with Crippen LogP contribution in [0, 0.1) is 0 Å². The third kappa shape index (κ3) is 15.0. The summed E-state index contributed by atoms with van der Waals surface area (Å²) in [6.07, 6.45) is 19.7. The van der Waals surface area contributed by atoms with E-state index < -0.39 is 5.97 Å². The van der Waals surface area contributed by atoms with Gasteiger partial charge in [-0.05, 0) is 32.1 Å². The smallest absolute Gasteiger partial charge is 0.303 e. The molecular weight excluding hydrogens is 280 g/mol. The van der Waals surface area contributed by atoms with Gasteiger partial charge in [0.1, 0.15) is 6.10 Å². The van der Waals surface area contributed by atoms with Gasteiger partial charge in [0, 0.05) is 6.42 Å². The summed E-state index contributed by atoms with van der Waals surface area (Å²) in [5.41, 5.74) is 0. The molecule has 0 rings (SSSR count). The number of carboxylic acids is 1. The van der Waals surface area contributed by atoms with Crippen LogP contribution in [0.25, 0.3) is 0 Å². The number of carboxylic acid groups (broad SMARTS) is 1. The molecule has 1 unspecified atom stereocenters. The monoisotopic (exact) mass is 310 g/mol. The molecule has 0 saturated carbocycles. The van der Waals surface area contributed by atoms with Crippen molar-refractivity contribution in [3.8, 4) is 0 Å². The molecule has 0 bridgehead atoms. The summed E-state index contributed by atoms with van der Waals surface area (Å²) >= 11 is 0. The lowest BCUT2D eigenvalue weighted by atomic mass is 10.1. The average molecular weight is 310 g/mol. The van der Waals surface area contributed by atoms with Crippen LogP contribution in [0.4, 0.5) is 0 Å². The van der Waals surface area contributed by atoms with E-state index in [1.54, 1.807) is 0 Å².